The first-order valence-corrected chi connectivity index (χ1v) is 8.80. The van der Waals surface area contributed by atoms with Gasteiger partial charge in [-0.15, -0.1) is 0 Å². The van der Waals surface area contributed by atoms with Gasteiger partial charge in [-0.05, 0) is 36.0 Å². The molecule has 26 heavy (non-hydrogen) atoms. The zero-order chi connectivity index (χ0) is 17.8. The van der Waals surface area contributed by atoms with E-state index in [-0.39, 0.29) is 54.7 Å². The second-order valence-corrected chi connectivity index (χ2v) is 7.23. The lowest BCUT2D eigenvalue weighted by atomic mass is 9.85. The molecular formula is C19H18N2O5. The number of carbonyl (C=O) groups excluding carboxylic acids is 3. The van der Waals surface area contributed by atoms with Gasteiger partial charge < -0.3 is 14.8 Å². The molecule has 4 atom stereocenters. The van der Waals surface area contributed by atoms with Crippen LogP contribution in [0, 0.1) is 23.7 Å². The molecule has 0 radical (unpaired) electrons. The molecule has 7 heteroatoms. The van der Waals surface area contributed by atoms with Gasteiger partial charge in [-0.25, -0.2) is 0 Å². The van der Waals surface area contributed by atoms with Gasteiger partial charge >= 0.3 is 0 Å². The molecule has 1 saturated heterocycles. The quantitative estimate of drug-likeness (QED) is 0.640. The van der Waals surface area contributed by atoms with Crippen molar-refractivity contribution in [3.05, 3.63) is 35.9 Å². The number of imide groups is 1. The second kappa shape index (κ2) is 5.59. The predicted octanol–water partition coefficient (Wildman–Crippen LogP) is 0.839. The molecule has 0 spiro atoms. The third-order valence-corrected chi connectivity index (χ3v) is 5.79. The highest BCUT2D eigenvalue weighted by Gasteiger charge is 2.59. The summed E-state index contributed by atoms with van der Waals surface area (Å²) in [6.45, 7) is 0.281. The number of nitrogens with zero attached hydrogens (tertiary/aromatic N) is 1. The smallest absolute Gasteiger partial charge is 0.240 e. The summed E-state index contributed by atoms with van der Waals surface area (Å²) in [7, 11) is 0. The van der Waals surface area contributed by atoms with Crippen LogP contribution in [0.2, 0.25) is 0 Å². The van der Waals surface area contributed by atoms with Gasteiger partial charge in [0.1, 0.15) is 6.54 Å². The van der Waals surface area contributed by atoms with Crippen LogP contribution in [0.5, 0.6) is 11.5 Å². The van der Waals surface area contributed by atoms with Crippen LogP contribution in [-0.2, 0) is 20.9 Å². The normalized spacial score (nSPS) is 30.2. The van der Waals surface area contributed by atoms with E-state index in [0.717, 1.165) is 16.9 Å². The Balaban J connectivity index is 1.21. The summed E-state index contributed by atoms with van der Waals surface area (Å²) < 4.78 is 10.6. The fourth-order valence-electron chi connectivity index (χ4n) is 4.57. The van der Waals surface area contributed by atoms with Crippen LogP contribution < -0.4 is 14.8 Å². The van der Waals surface area contributed by atoms with Crippen LogP contribution in [0.3, 0.4) is 0 Å². The van der Waals surface area contributed by atoms with Crippen molar-refractivity contribution in [2.75, 3.05) is 13.3 Å². The Kier molecular flexibility index (Phi) is 3.32. The summed E-state index contributed by atoms with van der Waals surface area (Å²) >= 11 is 0. The zero-order valence-electron chi connectivity index (χ0n) is 14.0. The first kappa shape index (κ1) is 15.4. The molecule has 3 amide bonds. The van der Waals surface area contributed by atoms with Crippen molar-refractivity contribution in [1.82, 2.24) is 10.2 Å². The standard InChI is InChI=1S/C19H18N2O5/c22-15(20-7-10-1-4-13-14(5-10)26-9-25-13)8-21-18(23)16-11-2-3-12(6-11)17(16)19(21)24/h1-5,11-12,16-17H,6-9H2,(H,20,22)/t11-,12-,16-,17+/m0/s1. The molecule has 2 bridgehead atoms. The third-order valence-electron chi connectivity index (χ3n) is 5.79. The van der Waals surface area contributed by atoms with E-state index >= 15 is 0 Å². The molecule has 7 nitrogen and oxygen atoms in total. The van der Waals surface area contributed by atoms with Gasteiger partial charge in [0.05, 0.1) is 11.8 Å². The van der Waals surface area contributed by atoms with Gasteiger partial charge in [-0.1, -0.05) is 18.2 Å². The lowest BCUT2D eigenvalue weighted by Crippen LogP contribution is -2.41. The van der Waals surface area contributed by atoms with Gasteiger partial charge in [-0.2, -0.15) is 0 Å². The molecule has 1 N–H and O–H groups in total. The van der Waals surface area contributed by atoms with Gasteiger partial charge in [-0.3, -0.25) is 19.3 Å². The number of allylic oxidation sites excluding steroid dienone is 2. The Bertz CT molecular complexity index is 818. The van der Waals surface area contributed by atoms with Crippen LogP contribution in [0.1, 0.15) is 12.0 Å². The maximum absolute atomic E-state index is 12.6. The molecule has 0 aromatic heterocycles. The molecule has 2 aliphatic carbocycles. The fourth-order valence-corrected chi connectivity index (χ4v) is 4.57. The van der Waals surface area contributed by atoms with E-state index in [1.165, 1.54) is 0 Å². The molecule has 134 valence electrons. The van der Waals surface area contributed by atoms with Crippen LogP contribution in [-0.4, -0.2) is 36.0 Å². The van der Waals surface area contributed by atoms with Gasteiger partial charge in [0.25, 0.3) is 0 Å². The summed E-state index contributed by atoms with van der Waals surface area (Å²) in [5.41, 5.74) is 0.862. The summed E-state index contributed by atoms with van der Waals surface area (Å²) in [6.07, 6.45) is 4.97. The van der Waals surface area contributed by atoms with E-state index in [1.54, 1.807) is 6.07 Å². The van der Waals surface area contributed by atoms with E-state index in [0.29, 0.717) is 18.0 Å². The number of carbonyl (C=O) groups is 3. The summed E-state index contributed by atoms with van der Waals surface area (Å²) in [6, 6.07) is 5.44. The molecule has 2 aliphatic heterocycles. The van der Waals surface area contributed by atoms with Crippen LogP contribution >= 0.6 is 0 Å². The average molecular weight is 354 g/mol. The highest BCUT2D eigenvalue weighted by atomic mass is 16.7. The Morgan fingerprint density at radius 1 is 1.08 bits per heavy atom. The minimum Gasteiger partial charge on any atom is -0.454 e. The molecule has 1 aromatic carbocycles. The lowest BCUT2D eigenvalue weighted by Gasteiger charge is -2.16. The van der Waals surface area contributed by atoms with Crippen molar-refractivity contribution >= 4 is 17.7 Å². The number of fused-ring (bicyclic) bond motifs is 6. The molecular weight excluding hydrogens is 336 g/mol. The number of ether oxygens (including phenoxy) is 2. The lowest BCUT2D eigenvalue weighted by molar-refractivity contribution is -0.144. The van der Waals surface area contributed by atoms with E-state index in [4.69, 9.17) is 9.47 Å². The van der Waals surface area contributed by atoms with Crippen molar-refractivity contribution in [3.8, 4) is 11.5 Å². The molecule has 2 heterocycles. The minimum atomic E-state index is -0.343. The van der Waals surface area contributed by atoms with Crippen molar-refractivity contribution in [2.45, 2.75) is 13.0 Å². The number of nitrogens with one attached hydrogen (secondary N) is 1. The Labute approximate surface area is 149 Å². The van der Waals surface area contributed by atoms with E-state index in [9.17, 15) is 14.4 Å². The molecule has 2 fully saturated rings. The molecule has 1 aromatic rings. The molecule has 5 rings (SSSR count). The Morgan fingerprint density at radius 2 is 1.77 bits per heavy atom. The van der Waals surface area contributed by atoms with Crippen molar-refractivity contribution in [3.63, 3.8) is 0 Å². The van der Waals surface area contributed by atoms with Gasteiger partial charge in [0, 0.05) is 6.54 Å². The van der Waals surface area contributed by atoms with E-state index < -0.39 is 0 Å². The number of hydrogen-bond acceptors (Lipinski definition) is 5. The molecule has 1 saturated carbocycles. The average Bonchev–Trinajstić information content (AvgIpc) is 3.40. The van der Waals surface area contributed by atoms with Crippen LogP contribution in [0.25, 0.3) is 0 Å². The Morgan fingerprint density at radius 3 is 2.50 bits per heavy atom. The zero-order valence-corrected chi connectivity index (χ0v) is 14.0. The van der Waals surface area contributed by atoms with E-state index in [1.807, 2.05) is 24.3 Å². The highest BCUT2D eigenvalue weighted by Crippen LogP contribution is 2.52. The monoisotopic (exact) mass is 354 g/mol. The number of rotatable bonds is 4. The number of hydrogen-bond donors (Lipinski definition) is 1. The topological polar surface area (TPSA) is 84.9 Å². The molecule has 0 unspecified atom stereocenters. The second-order valence-electron chi connectivity index (χ2n) is 7.23. The summed E-state index contributed by atoms with van der Waals surface area (Å²) in [5.74, 6) is 0.375. The first-order valence-electron chi connectivity index (χ1n) is 8.80. The SMILES string of the molecule is O=C(CN1C(=O)[C@@H]2[C@H](C1=O)[C@H]1C=C[C@H]2C1)NCc1ccc2c(c1)OCO2. The van der Waals surface area contributed by atoms with E-state index in [2.05, 4.69) is 5.32 Å². The van der Waals surface area contributed by atoms with Crippen molar-refractivity contribution in [1.29, 1.82) is 0 Å². The molecule has 4 aliphatic rings. The predicted molar refractivity (Wildman–Crippen MR) is 88.8 cm³/mol. The summed E-state index contributed by atoms with van der Waals surface area (Å²) in [5, 5.41) is 2.76. The Hall–Kier alpha value is -2.83. The third kappa shape index (κ3) is 2.23. The number of likely N-dealkylation sites (tertiary alicyclic amines) is 1. The minimum absolute atomic E-state index is 0.156. The summed E-state index contributed by atoms with van der Waals surface area (Å²) in [4.78, 5) is 38.6. The first-order chi connectivity index (χ1) is 12.6. The highest BCUT2D eigenvalue weighted by molar-refractivity contribution is 6.08. The van der Waals surface area contributed by atoms with Crippen molar-refractivity contribution in [2.24, 2.45) is 23.7 Å². The largest absolute Gasteiger partial charge is 0.454 e. The number of benzene rings is 1. The maximum Gasteiger partial charge on any atom is 0.240 e. The van der Waals surface area contributed by atoms with Crippen LogP contribution in [0.15, 0.2) is 30.4 Å². The maximum atomic E-state index is 12.6. The number of amides is 3. The van der Waals surface area contributed by atoms with Crippen LogP contribution in [0.4, 0.5) is 0 Å². The van der Waals surface area contributed by atoms with Crippen molar-refractivity contribution < 1.29 is 23.9 Å². The van der Waals surface area contributed by atoms with Gasteiger partial charge in [0.2, 0.25) is 24.5 Å². The fraction of sp³-hybridized carbons (Fsp3) is 0.421. The van der Waals surface area contributed by atoms with Gasteiger partial charge in [0.15, 0.2) is 11.5 Å².